The lowest BCUT2D eigenvalue weighted by Gasteiger charge is -2.09. The zero-order valence-electron chi connectivity index (χ0n) is 10.0. The highest BCUT2D eigenvalue weighted by Crippen LogP contribution is 2.23. The average molecular weight is 255 g/mol. The van der Waals surface area contributed by atoms with E-state index >= 15 is 0 Å². The number of carboxylic acid groups (broad SMARTS) is 1. The molecule has 0 radical (unpaired) electrons. The van der Waals surface area contributed by atoms with Gasteiger partial charge in [0.1, 0.15) is 11.4 Å². The minimum atomic E-state index is -1.27. The summed E-state index contributed by atoms with van der Waals surface area (Å²) in [7, 11) is 2.27. The fourth-order valence-corrected chi connectivity index (χ4v) is 1.78. The van der Waals surface area contributed by atoms with Crippen molar-refractivity contribution in [3.05, 3.63) is 23.0 Å². The molecule has 0 amide bonds. The fraction of sp³-hybridized carbons (Fsp3) is 0.333. The summed E-state index contributed by atoms with van der Waals surface area (Å²) in [4.78, 5) is 15.2. The molecule has 0 saturated carbocycles. The molecular formula is C12H15FNO2P. The molecule has 92 valence electrons. The molecule has 0 aliphatic rings. The van der Waals surface area contributed by atoms with Crippen LogP contribution in [0.3, 0.4) is 0 Å². The number of aromatic carboxylic acids is 1. The predicted molar refractivity (Wildman–Crippen MR) is 70.5 cm³/mol. The number of aliphatic imine (C=N–C) groups is 1. The van der Waals surface area contributed by atoms with E-state index < -0.39 is 11.8 Å². The summed E-state index contributed by atoms with van der Waals surface area (Å²) in [6, 6.07) is 1.17. The van der Waals surface area contributed by atoms with E-state index in [1.165, 1.54) is 6.07 Å². The van der Waals surface area contributed by atoms with Crippen molar-refractivity contribution in [2.45, 2.75) is 27.2 Å². The molecule has 0 aliphatic carbocycles. The van der Waals surface area contributed by atoms with Gasteiger partial charge in [0.05, 0.1) is 5.69 Å². The quantitative estimate of drug-likeness (QED) is 0.667. The zero-order chi connectivity index (χ0) is 13.2. The Morgan fingerprint density at radius 1 is 1.59 bits per heavy atom. The van der Waals surface area contributed by atoms with Crippen molar-refractivity contribution in [1.29, 1.82) is 0 Å². The highest BCUT2D eigenvalue weighted by Gasteiger charge is 2.18. The van der Waals surface area contributed by atoms with E-state index in [2.05, 4.69) is 14.2 Å². The summed E-state index contributed by atoms with van der Waals surface area (Å²) in [6.45, 7) is 5.54. The molecule has 1 aromatic rings. The van der Waals surface area contributed by atoms with Gasteiger partial charge in [0.2, 0.25) is 0 Å². The Balaban J connectivity index is 3.45. The largest absolute Gasteiger partial charge is 0.478 e. The number of hydrogen-bond donors (Lipinski definition) is 1. The molecule has 1 unspecified atom stereocenters. The number of halogens is 1. The molecule has 0 aliphatic heterocycles. The Kier molecular flexibility index (Phi) is 4.35. The lowest BCUT2D eigenvalue weighted by Crippen LogP contribution is -2.15. The summed E-state index contributed by atoms with van der Waals surface area (Å²) >= 11 is 0. The lowest BCUT2D eigenvalue weighted by molar-refractivity contribution is 0.0693. The summed E-state index contributed by atoms with van der Waals surface area (Å²) in [5.74, 6) is -2.02. The van der Waals surface area contributed by atoms with Gasteiger partial charge in [-0.3, -0.25) is 4.99 Å². The second-order valence-corrected chi connectivity index (χ2v) is 4.37. The maximum atomic E-state index is 13.6. The van der Waals surface area contributed by atoms with Crippen LogP contribution in [0.5, 0.6) is 0 Å². The molecule has 0 fully saturated rings. The van der Waals surface area contributed by atoms with E-state index in [1.54, 1.807) is 6.92 Å². The van der Waals surface area contributed by atoms with Crippen LogP contribution in [-0.2, 0) is 0 Å². The molecule has 17 heavy (non-hydrogen) atoms. The Morgan fingerprint density at radius 3 is 2.65 bits per heavy atom. The maximum Gasteiger partial charge on any atom is 0.339 e. The Labute approximate surface area is 102 Å². The van der Waals surface area contributed by atoms with Crippen LogP contribution in [0.4, 0.5) is 10.1 Å². The summed E-state index contributed by atoms with van der Waals surface area (Å²) in [5.41, 5.74) is 1.72. The first-order valence-electron chi connectivity index (χ1n) is 5.24. The molecule has 0 saturated heterocycles. The Bertz CT molecular complexity index is 498. The first-order chi connectivity index (χ1) is 7.88. The highest BCUT2D eigenvalue weighted by atomic mass is 31.0. The normalized spacial score (nSPS) is 11.7. The highest BCUT2D eigenvalue weighted by molar-refractivity contribution is 7.28. The number of hydrogen-bond acceptors (Lipinski definition) is 2. The molecule has 0 heterocycles. The third-order valence-corrected chi connectivity index (χ3v) is 3.32. The van der Waals surface area contributed by atoms with Gasteiger partial charge in [-0.1, -0.05) is 6.92 Å². The fourth-order valence-electron chi connectivity index (χ4n) is 1.37. The maximum absolute atomic E-state index is 13.6. The molecule has 1 N–H and O–H groups in total. The standard InChI is InChI=1S/C12H15FNO2P/c1-4-6(2)14-9-5-8(13)10(12(15)16)11(17)7(9)3/h5H,4,17H2,1-3H3,(H,15,16). The van der Waals surface area contributed by atoms with Gasteiger partial charge >= 0.3 is 5.97 Å². The Hall–Kier alpha value is -1.28. The topological polar surface area (TPSA) is 49.7 Å². The van der Waals surface area contributed by atoms with Crippen LogP contribution in [0.25, 0.3) is 0 Å². The van der Waals surface area contributed by atoms with Gasteiger partial charge in [-0.2, -0.15) is 0 Å². The van der Waals surface area contributed by atoms with Gasteiger partial charge in [0.15, 0.2) is 0 Å². The van der Waals surface area contributed by atoms with Crippen molar-refractivity contribution in [3.63, 3.8) is 0 Å². The Morgan fingerprint density at radius 2 is 2.18 bits per heavy atom. The van der Waals surface area contributed by atoms with Crippen LogP contribution >= 0.6 is 9.24 Å². The molecule has 0 bridgehead atoms. The van der Waals surface area contributed by atoms with Crippen LogP contribution in [0, 0.1) is 12.7 Å². The minimum Gasteiger partial charge on any atom is -0.478 e. The average Bonchev–Trinajstić information content (AvgIpc) is 2.24. The third kappa shape index (κ3) is 2.89. The van der Waals surface area contributed by atoms with E-state index in [9.17, 15) is 9.18 Å². The number of rotatable bonds is 3. The predicted octanol–water partition coefficient (Wildman–Crippen LogP) is 2.84. The van der Waals surface area contributed by atoms with Gasteiger partial charge < -0.3 is 5.11 Å². The molecular weight excluding hydrogens is 240 g/mol. The second kappa shape index (κ2) is 5.37. The van der Waals surface area contributed by atoms with Crippen LogP contribution < -0.4 is 5.30 Å². The minimum absolute atomic E-state index is 0.305. The second-order valence-electron chi connectivity index (χ2n) is 3.80. The number of nitrogens with zero attached hydrogens (tertiary/aromatic N) is 1. The SMILES string of the molecule is CCC(C)=Nc1cc(F)c(C(=O)O)c(P)c1C. The summed E-state index contributed by atoms with van der Waals surface area (Å²) in [5, 5.41) is 9.25. The van der Waals surface area contributed by atoms with E-state index in [0.717, 1.165) is 12.1 Å². The van der Waals surface area contributed by atoms with Crippen molar-refractivity contribution < 1.29 is 14.3 Å². The van der Waals surface area contributed by atoms with Gasteiger partial charge in [0, 0.05) is 11.8 Å². The van der Waals surface area contributed by atoms with Crippen molar-refractivity contribution in [1.82, 2.24) is 0 Å². The van der Waals surface area contributed by atoms with E-state index in [1.807, 2.05) is 13.8 Å². The van der Waals surface area contributed by atoms with E-state index in [0.29, 0.717) is 16.6 Å². The molecule has 1 aromatic carbocycles. The van der Waals surface area contributed by atoms with Gasteiger partial charge in [-0.15, -0.1) is 9.24 Å². The first-order valence-corrected chi connectivity index (χ1v) is 5.82. The van der Waals surface area contributed by atoms with Crippen molar-refractivity contribution in [2.75, 3.05) is 0 Å². The van der Waals surface area contributed by atoms with Crippen LogP contribution in [-0.4, -0.2) is 16.8 Å². The van der Waals surface area contributed by atoms with Gasteiger partial charge in [-0.25, -0.2) is 9.18 Å². The summed E-state index contributed by atoms with van der Waals surface area (Å²) in [6.07, 6.45) is 0.772. The molecule has 1 atom stereocenters. The smallest absolute Gasteiger partial charge is 0.339 e. The third-order valence-electron chi connectivity index (χ3n) is 2.60. The number of benzene rings is 1. The van der Waals surface area contributed by atoms with Crippen LogP contribution in [0.2, 0.25) is 0 Å². The molecule has 0 spiro atoms. The monoisotopic (exact) mass is 255 g/mol. The van der Waals surface area contributed by atoms with E-state index in [4.69, 9.17) is 5.11 Å². The van der Waals surface area contributed by atoms with Crippen molar-refractivity contribution >= 4 is 31.9 Å². The van der Waals surface area contributed by atoms with E-state index in [-0.39, 0.29) is 5.56 Å². The van der Waals surface area contributed by atoms with Crippen LogP contribution in [0.15, 0.2) is 11.1 Å². The van der Waals surface area contributed by atoms with Crippen molar-refractivity contribution in [3.8, 4) is 0 Å². The zero-order valence-corrected chi connectivity index (χ0v) is 11.2. The number of carbonyl (C=O) groups is 1. The molecule has 5 heteroatoms. The lowest BCUT2D eigenvalue weighted by atomic mass is 10.1. The van der Waals surface area contributed by atoms with Crippen LogP contribution in [0.1, 0.15) is 36.2 Å². The van der Waals surface area contributed by atoms with Gasteiger partial charge in [0.25, 0.3) is 0 Å². The summed E-state index contributed by atoms with van der Waals surface area (Å²) < 4.78 is 13.6. The van der Waals surface area contributed by atoms with Gasteiger partial charge in [-0.05, 0) is 31.1 Å². The molecule has 3 nitrogen and oxygen atoms in total. The molecule has 1 rings (SSSR count). The number of carboxylic acids is 1. The van der Waals surface area contributed by atoms with Crippen molar-refractivity contribution in [2.24, 2.45) is 4.99 Å². The first kappa shape index (κ1) is 13.8. The molecule has 0 aromatic heterocycles.